The molecule has 0 aliphatic heterocycles. The number of furan rings is 1. The Morgan fingerprint density at radius 3 is 2.30 bits per heavy atom. The predicted molar refractivity (Wildman–Crippen MR) is 82.2 cm³/mol. The van der Waals surface area contributed by atoms with Crippen molar-refractivity contribution in [1.29, 1.82) is 0 Å². The molecule has 0 aromatic carbocycles. The molecule has 0 spiro atoms. The van der Waals surface area contributed by atoms with Crippen LogP contribution in [0.5, 0.6) is 0 Å². The summed E-state index contributed by atoms with van der Waals surface area (Å²) in [7, 11) is 2.39. The number of ketones is 1. The van der Waals surface area contributed by atoms with E-state index < -0.39 is 23.8 Å². The molecule has 0 amide bonds. The van der Waals surface area contributed by atoms with Gasteiger partial charge in [-0.3, -0.25) is 14.4 Å². The third-order valence-electron chi connectivity index (χ3n) is 3.42. The van der Waals surface area contributed by atoms with Crippen LogP contribution >= 0.6 is 11.3 Å². The zero-order valence-electron chi connectivity index (χ0n) is 12.7. The number of methoxy groups -OCH3 is 2. The van der Waals surface area contributed by atoms with E-state index in [1.54, 1.807) is 24.3 Å². The molecule has 2 aromatic heterocycles. The average Bonchev–Trinajstić information content (AvgIpc) is 3.26. The van der Waals surface area contributed by atoms with Crippen LogP contribution in [0.25, 0.3) is 0 Å². The maximum absolute atomic E-state index is 12.3. The molecular weight excluding hydrogens is 320 g/mol. The first-order valence-corrected chi connectivity index (χ1v) is 7.72. The first-order valence-electron chi connectivity index (χ1n) is 6.84. The first-order chi connectivity index (χ1) is 11.1. The molecule has 23 heavy (non-hydrogen) atoms. The Kier molecular flexibility index (Phi) is 5.70. The lowest BCUT2D eigenvalue weighted by molar-refractivity contribution is -0.159. The van der Waals surface area contributed by atoms with Crippen LogP contribution in [0, 0.1) is 5.92 Å². The van der Waals surface area contributed by atoms with Gasteiger partial charge < -0.3 is 13.9 Å². The van der Waals surface area contributed by atoms with Gasteiger partial charge in [0.1, 0.15) is 0 Å². The van der Waals surface area contributed by atoms with Crippen molar-refractivity contribution in [3.05, 3.63) is 46.5 Å². The van der Waals surface area contributed by atoms with E-state index in [1.807, 2.05) is 5.38 Å². The lowest BCUT2D eigenvalue weighted by atomic mass is 9.86. The molecule has 2 rings (SSSR count). The summed E-state index contributed by atoms with van der Waals surface area (Å²) < 4.78 is 14.5. The first kappa shape index (κ1) is 17.0. The van der Waals surface area contributed by atoms with Crippen LogP contribution in [-0.2, 0) is 19.1 Å². The van der Waals surface area contributed by atoms with Crippen molar-refractivity contribution >= 4 is 29.1 Å². The minimum atomic E-state index is -1.21. The van der Waals surface area contributed by atoms with Crippen molar-refractivity contribution < 1.29 is 28.3 Å². The van der Waals surface area contributed by atoms with E-state index in [0.717, 1.165) is 4.88 Å². The quantitative estimate of drug-likeness (QED) is 0.439. The fraction of sp³-hybridized carbons (Fsp3) is 0.312. The number of ether oxygens (including phenoxy) is 2. The third-order valence-corrected chi connectivity index (χ3v) is 4.43. The average molecular weight is 336 g/mol. The lowest BCUT2D eigenvalue weighted by Crippen LogP contribution is -2.33. The van der Waals surface area contributed by atoms with Crippen molar-refractivity contribution in [3.63, 3.8) is 0 Å². The molecule has 1 atom stereocenters. The van der Waals surface area contributed by atoms with Crippen LogP contribution in [0.2, 0.25) is 0 Å². The van der Waals surface area contributed by atoms with Gasteiger partial charge in [-0.05, 0) is 23.6 Å². The number of hydrogen-bond acceptors (Lipinski definition) is 7. The maximum Gasteiger partial charge on any atom is 0.320 e. The number of rotatable bonds is 7. The van der Waals surface area contributed by atoms with Gasteiger partial charge >= 0.3 is 11.9 Å². The minimum absolute atomic E-state index is 0.0666. The molecule has 7 heteroatoms. The van der Waals surface area contributed by atoms with Gasteiger partial charge in [0, 0.05) is 17.2 Å². The summed E-state index contributed by atoms with van der Waals surface area (Å²) in [6.07, 6.45) is 1.33. The second-order valence-corrected chi connectivity index (χ2v) is 5.73. The van der Waals surface area contributed by atoms with Crippen LogP contribution < -0.4 is 0 Å². The van der Waals surface area contributed by atoms with Gasteiger partial charge in [-0.1, -0.05) is 6.07 Å². The minimum Gasteiger partial charge on any atom is -0.468 e. The molecule has 122 valence electrons. The summed E-state index contributed by atoms with van der Waals surface area (Å²) in [5.74, 6) is -3.47. The summed E-state index contributed by atoms with van der Waals surface area (Å²) in [5, 5.41) is 1.81. The van der Waals surface area contributed by atoms with Crippen LogP contribution in [0.3, 0.4) is 0 Å². The molecule has 0 aliphatic rings. The predicted octanol–water partition coefficient (Wildman–Crippen LogP) is 2.66. The Morgan fingerprint density at radius 2 is 1.83 bits per heavy atom. The molecule has 0 radical (unpaired) electrons. The van der Waals surface area contributed by atoms with Gasteiger partial charge in [-0.2, -0.15) is 0 Å². The Balaban J connectivity index is 2.34. The molecular formula is C16H16O6S. The summed E-state index contributed by atoms with van der Waals surface area (Å²) in [6.45, 7) is 0. The van der Waals surface area contributed by atoms with E-state index in [-0.39, 0.29) is 18.0 Å². The van der Waals surface area contributed by atoms with Crippen LogP contribution in [0.1, 0.15) is 27.8 Å². The van der Waals surface area contributed by atoms with Crippen molar-refractivity contribution in [2.45, 2.75) is 12.3 Å². The zero-order chi connectivity index (χ0) is 16.8. The second kappa shape index (κ2) is 7.73. The molecule has 2 heterocycles. The van der Waals surface area contributed by atoms with Crippen molar-refractivity contribution in [2.75, 3.05) is 14.2 Å². The lowest BCUT2D eigenvalue weighted by Gasteiger charge is -2.21. The Bertz CT molecular complexity index is 643. The standard InChI is InChI=1S/C16H16O6S/c1-20-15(18)14(16(19)21-2)10(13-6-4-8-23-13)9-11(17)12-5-3-7-22-12/h3-8,10,14H,9H2,1-2H3. The number of esters is 2. The molecule has 0 aliphatic carbocycles. The van der Waals surface area contributed by atoms with E-state index >= 15 is 0 Å². The number of carbonyl (C=O) groups is 3. The van der Waals surface area contributed by atoms with E-state index in [4.69, 9.17) is 13.9 Å². The van der Waals surface area contributed by atoms with Crippen molar-refractivity contribution in [1.82, 2.24) is 0 Å². The Labute approximate surface area is 137 Å². The highest BCUT2D eigenvalue weighted by Gasteiger charge is 2.39. The maximum atomic E-state index is 12.3. The molecule has 1 unspecified atom stereocenters. The van der Waals surface area contributed by atoms with Gasteiger partial charge in [0.15, 0.2) is 17.5 Å². The van der Waals surface area contributed by atoms with Crippen LogP contribution in [0.4, 0.5) is 0 Å². The normalized spacial score (nSPS) is 12.0. The molecule has 0 bridgehead atoms. The molecule has 0 saturated heterocycles. The highest BCUT2D eigenvalue weighted by molar-refractivity contribution is 7.10. The number of hydrogen-bond donors (Lipinski definition) is 0. The van der Waals surface area contributed by atoms with Crippen molar-refractivity contribution in [2.24, 2.45) is 5.92 Å². The fourth-order valence-electron chi connectivity index (χ4n) is 2.30. The summed E-state index contributed by atoms with van der Waals surface area (Å²) >= 11 is 1.36. The van der Waals surface area contributed by atoms with Gasteiger partial charge in [0.25, 0.3) is 0 Å². The van der Waals surface area contributed by atoms with E-state index in [2.05, 4.69) is 0 Å². The second-order valence-electron chi connectivity index (χ2n) is 4.75. The number of carbonyl (C=O) groups excluding carboxylic acids is 3. The van der Waals surface area contributed by atoms with E-state index in [1.165, 1.54) is 31.8 Å². The van der Waals surface area contributed by atoms with Gasteiger partial charge in [-0.15, -0.1) is 11.3 Å². The van der Waals surface area contributed by atoms with Crippen LogP contribution in [-0.4, -0.2) is 31.9 Å². The van der Waals surface area contributed by atoms with Gasteiger partial charge in [0.05, 0.1) is 20.5 Å². The Hall–Kier alpha value is -2.41. The largest absolute Gasteiger partial charge is 0.468 e. The summed E-state index contributed by atoms with van der Waals surface area (Å²) in [5.41, 5.74) is 0. The monoisotopic (exact) mass is 336 g/mol. The summed E-state index contributed by atoms with van der Waals surface area (Å²) in [4.78, 5) is 37.2. The van der Waals surface area contributed by atoms with E-state index in [9.17, 15) is 14.4 Å². The molecule has 0 fully saturated rings. The summed E-state index contributed by atoms with van der Waals surface area (Å²) in [6, 6.07) is 6.70. The topological polar surface area (TPSA) is 82.8 Å². The number of Topliss-reactive ketones (excluding diaryl/α,β-unsaturated/α-hetero) is 1. The third kappa shape index (κ3) is 3.87. The fourth-order valence-corrected chi connectivity index (χ4v) is 3.17. The van der Waals surface area contributed by atoms with Gasteiger partial charge in [-0.25, -0.2) is 0 Å². The highest BCUT2D eigenvalue weighted by atomic mass is 32.1. The van der Waals surface area contributed by atoms with Crippen molar-refractivity contribution in [3.8, 4) is 0 Å². The highest BCUT2D eigenvalue weighted by Crippen LogP contribution is 2.34. The Morgan fingerprint density at radius 1 is 1.13 bits per heavy atom. The zero-order valence-corrected chi connectivity index (χ0v) is 13.5. The molecule has 2 aromatic rings. The van der Waals surface area contributed by atoms with Crippen LogP contribution in [0.15, 0.2) is 40.3 Å². The number of thiophene rings is 1. The van der Waals surface area contributed by atoms with E-state index in [0.29, 0.717) is 0 Å². The molecule has 0 N–H and O–H groups in total. The molecule has 6 nitrogen and oxygen atoms in total. The molecule has 0 saturated carbocycles. The SMILES string of the molecule is COC(=O)C(C(=O)OC)C(CC(=O)c1ccco1)c1cccs1. The smallest absolute Gasteiger partial charge is 0.320 e. The van der Waals surface area contributed by atoms with Gasteiger partial charge in [0.2, 0.25) is 0 Å².